The predicted molar refractivity (Wildman–Crippen MR) is 56.3 cm³/mol. The maximum Gasteiger partial charge on any atom is 1.00 e. The summed E-state index contributed by atoms with van der Waals surface area (Å²) in [5, 5.41) is 1.05. The molecule has 0 amide bonds. The molecule has 6 heteroatoms. The van der Waals surface area contributed by atoms with E-state index in [-0.39, 0.29) is 56.3 Å². The molecule has 0 atom stereocenters. The van der Waals surface area contributed by atoms with E-state index in [1.807, 2.05) is 0 Å². The average molecular weight is 261 g/mol. The van der Waals surface area contributed by atoms with Crippen molar-refractivity contribution >= 4 is 26.6 Å². The van der Waals surface area contributed by atoms with Gasteiger partial charge in [-0.25, -0.2) is 8.42 Å². The Morgan fingerprint density at radius 2 is 1.81 bits per heavy atom. The first-order chi connectivity index (χ1) is 6.98. The molecular formula is C10H8KNO3S. The molecule has 0 aromatic heterocycles. The molecule has 2 N–H and O–H groups in total. The number of rotatable bonds is 1. The molecule has 78 valence electrons. The van der Waals surface area contributed by atoms with Crippen LogP contribution < -0.4 is 57.1 Å². The first-order valence-electron chi connectivity index (χ1n) is 4.22. The van der Waals surface area contributed by atoms with Crippen LogP contribution >= 0.6 is 0 Å². The van der Waals surface area contributed by atoms with Gasteiger partial charge in [0.05, 0.1) is 4.90 Å². The molecule has 0 saturated heterocycles. The van der Waals surface area contributed by atoms with Gasteiger partial charge in [0.2, 0.25) is 0 Å². The fourth-order valence-electron chi connectivity index (χ4n) is 1.48. The van der Waals surface area contributed by atoms with E-state index < -0.39 is 10.1 Å². The second-order valence-corrected chi connectivity index (χ2v) is 4.54. The van der Waals surface area contributed by atoms with Gasteiger partial charge < -0.3 is 10.3 Å². The van der Waals surface area contributed by atoms with Crippen molar-refractivity contribution < 1.29 is 64.4 Å². The van der Waals surface area contributed by atoms with Crippen LogP contribution in [-0.4, -0.2) is 13.0 Å². The number of hydrogen-bond acceptors (Lipinski definition) is 4. The number of benzene rings is 2. The largest absolute Gasteiger partial charge is 1.00 e. The third-order valence-corrected chi connectivity index (χ3v) is 3.03. The van der Waals surface area contributed by atoms with Crippen LogP contribution in [0.4, 0.5) is 5.69 Å². The van der Waals surface area contributed by atoms with Gasteiger partial charge in [0.15, 0.2) is 0 Å². The first-order valence-corrected chi connectivity index (χ1v) is 5.63. The molecule has 0 bridgehead atoms. The molecule has 0 fully saturated rings. The van der Waals surface area contributed by atoms with Crippen LogP contribution in [0.2, 0.25) is 0 Å². The molecule has 0 heterocycles. The topological polar surface area (TPSA) is 83.2 Å². The fourth-order valence-corrected chi connectivity index (χ4v) is 2.17. The van der Waals surface area contributed by atoms with Crippen LogP contribution in [0.5, 0.6) is 0 Å². The molecule has 2 aromatic carbocycles. The van der Waals surface area contributed by atoms with E-state index >= 15 is 0 Å². The van der Waals surface area contributed by atoms with Gasteiger partial charge in [0.25, 0.3) is 0 Å². The molecule has 4 nitrogen and oxygen atoms in total. The third kappa shape index (κ3) is 2.83. The summed E-state index contributed by atoms with van der Waals surface area (Å²) in [6.07, 6.45) is 0. The van der Waals surface area contributed by atoms with Gasteiger partial charge in [-0.05, 0) is 23.6 Å². The third-order valence-electron chi connectivity index (χ3n) is 2.14. The molecule has 0 aliphatic carbocycles. The molecule has 0 unspecified atom stereocenters. The molecule has 0 spiro atoms. The standard InChI is InChI=1S/C10H9NO3S.K/c11-8-5-4-7-2-1-3-10(9(7)6-8)15(12,13)14;/h1-6H,11H2,(H,12,13,14);/q;+1/p-1. The van der Waals surface area contributed by atoms with Gasteiger partial charge in [0.1, 0.15) is 10.1 Å². The number of nitrogen functional groups attached to an aromatic ring is 1. The fraction of sp³-hybridized carbons (Fsp3) is 0. The van der Waals surface area contributed by atoms with Crippen molar-refractivity contribution in [3.8, 4) is 0 Å². The van der Waals surface area contributed by atoms with Crippen molar-refractivity contribution in [3.63, 3.8) is 0 Å². The molecule has 2 aromatic rings. The Balaban J connectivity index is 0.00000128. The Hall–Kier alpha value is 0.0464. The Bertz CT molecular complexity index is 625. The maximum atomic E-state index is 11.0. The van der Waals surface area contributed by atoms with Crippen LogP contribution in [0.15, 0.2) is 41.3 Å². The molecule has 16 heavy (non-hydrogen) atoms. The van der Waals surface area contributed by atoms with Gasteiger partial charge >= 0.3 is 51.4 Å². The smallest absolute Gasteiger partial charge is 0.744 e. The zero-order chi connectivity index (χ0) is 11.1. The predicted octanol–water partition coefficient (Wildman–Crippen LogP) is -1.67. The van der Waals surface area contributed by atoms with Crippen molar-refractivity contribution in [2.24, 2.45) is 0 Å². The van der Waals surface area contributed by atoms with Crippen LogP contribution in [0.25, 0.3) is 10.8 Å². The number of anilines is 1. The Kier molecular flexibility index (Phi) is 4.53. The zero-order valence-electron chi connectivity index (χ0n) is 8.67. The summed E-state index contributed by atoms with van der Waals surface area (Å²) in [7, 11) is -4.45. The first kappa shape index (κ1) is 14.1. The van der Waals surface area contributed by atoms with Crippen LogP contribution in [0.1, 0.15) is 0 Å². The van der Waals surface area contributed by atoms with Crippen molar-refractivity contribution in [1.29, 1.82) is 0 Å². The summed E-state index contributed by atoms with van der Waals surface area (Å²) >= 11 is 0. The van der Waals surface area contributed by atoms with Crippen molar-refractivity contribution in [1.82, 2.24) is 0 Å². The Labute approximate surface area is 136 Å². The van der Waals surface area contributed by atoms with E-state index in [0.717, 1.165) is 0 Å². The van der Waals surface area contributed by atoms with Gasteiger partial charge in [0, 0.05) is 11.1 Å². The minimum absolute atomic E-state index is 0. The second kappa shape index (κ2) is 5.13. The molecule has 0 saturated carbocycles. The quantitative estimate of drug-likeness (QED) is 0.378. The van der Waals surface area contributed by atoms with Crippen LogP contribution in [-0.2, 0) is 10.1 Å². The molecule has 0 aliphatic heterocycles. The summed E-state index contributed by atoms with van der Waals surface area (Å²) < 4.78 is 32.9. The van der Waals surface area contributed by atoms with E-state index in [9.17, 15) is 13.0 Å². The van der Waals surface area contributed by atoms with E-state index in [1.165, 1.54) is 18.2 Å². The number of fused-ring (bicyclic) bond motifs is 1. The van der Waals surface area contributed by atoms with Crippen LogP contribution in [0, 0.1) is 0 Å². The van der Waals surface area contributed by atoms with Crippen molar-refractivity contribution in [3.05, 3.63) is 36.4 Å². The molecule has 0 radical (unpaired) electrons. The minimum Gasteiger partial charge on any atom is -0.744 e. The van der Waals surface area contributed by atoms with E-state index in [2.05, 4.69) is 0 Å². The van der Waals surface area contributed by atoms with Crippen LogP contribution in [0.3, 0.4) is 0 Å². The Morgan fingerprint density at radius 1 is 1.12 bits per heavy atom. The summed E-state index contributed by atoms with van der Waals surface area (Å²) in [5.74, 6) is 0. The zero-order valence-corrected chi connectivity index (χ0v) is 12.6. The summed E-state index contributed by atoms with van der Waals surface area (Å²) in [6.45, 7) is 0. The summed E-state index contributed by atoms with van der Waals surface area (Å²) in [4.78, 5) is -0.229. The molecule has 2 rings (SSSR count). The number of nitrogens with two attached hydrogens (primary N) is 1. The van der Waals surface area contributed by atoms with E-state index in [0.29, 0.717) is 16.5 Å². The normalized spacial score (nSPS) is 11.1. The van der Waals surface area contributed by atoms with Gasteiger partial charge in [-0.1, -0.05) is 18.2 Å². The van der Waals surface area contributed by atoms with Gasteiger partial charge in [-0.15, -0.1) is 0 Å². The monoisotopic (exact) mass is 261 g/mol. The summed E-state index contributed by atoms with van der Waals surface area (Å²) in [5.41, 5.74) is 5.97. The van der Waals surface area contributed by atoms with Crippen molar-refractivity contribution in [2.75, 3.05) is 5.73 Å². The SMILES string of the molecule is Nc1ccc2cccc(S(=O)(=O)[O-])c2c1.[K+]. The Morgan fingerprint density at radius 3 is 2.44 bits per heavy atom. The van der Waals surface area contributed by atoms with E-state index in [1.54, 1.807) is 18.2 Å². The number of hydrogen-bond donors (Lipinski definition) is 1. The maximum absolute atomic E-state index is 11.0. The minimum atomic E-state index is -4.45. The molecular weight excluding hydrogens is 253 g/mol. The van der Waals surface area contributed by atoms with Crippen molar-refractivity contribution in [2.45, 2.75) is 4.90 Å². The average Bonchev–Trinajstić information content (AvgIpc) is 2.15. The van der Waals surface area contributed by atoms with E-state index in [4.69, 9.17) is 5.73 Å². The molecule has 0 aliphatic rings. The van der Waals surface area contributed by atoms with Gasteiger partial charge in [-0.3, -0.25) is 0 Å². The summed E-state index contributed by atoms with van der Waals surface area (Å²) in [6, 6.07) is 9.36. The van der Waals surface area contributed by atoms with Gasteiger partial charge in [-0.2, -0.15) is 0 Å². The second-order valence-electron chi connectivity index (χ2n) is 3.19.